The van der Waals surface area contributed by atoms with Gasteiger partial charge in [-0.3, -0.25) is 4.90 Å². The van der Waals surface area contributed by atoms with Gasteiger partial charge in [-0.2, -0.15) is 0 Å². The van der Waals surface area contributed by atoms with Crippen molar-refractivity contribution in [3.05, 3.63) is 0 Å². The standard InChI is InChI=1S/C14H29N3/c15-8-11-17-10-5-3-7-14(17)12-13-6-2-1-4-9-16-13/h13-14,16H,1-12,15H2. The second-order valence-corrected chi connectivity index (χ2v) is 5.71. The molecule has 0 spiro atoms. The first-order chi connectivity index (χ1) is 8.40. The molecule has 2 aliphatic rings. The highest BCUT2D eigenvalue weighted by molar-refractivity contribution is 4.83. The van der Waals surface area contributed by atoms with Crippen molar-refractivity contribution < 1.29 is 0 Å². The Morgan fingerprint density at radius 2 is 1.94 bits per heavy atom. The van der Waals surface area contributed by atoms with Gasteiger partial charge in [0, 0.05) is 25.2 Å². The van der Waals surface area contributed by atoms with Gasteiger partial charge in [0.2, 0.25) is 0 Å². The van der Waals surface area contributed by atoms with Crippen molar-refractivity contribution >= 4 is 0 Å². The lowest BCUT2D eigenvalue weighted by atomic mass is 9.94. The number of piperidine rings is 1. The van der Waals surface area contributed by atoms with Crippen molar-refractivity contribution in [3.63, 3.8) is 0 Å². The fraction of sp³-hybridized carbons (Fsp3) is 1.00. The molecule has 2 heterocycles. The number of rotatable bonds is 4. The third-order valence-corrected chi connectivity index (χ3v) is 4.38. The summed E-state index contributed by atoms with van der Waals surface area (Å²) in [5, 5.41) is 3.73. The van der Waals surface area contributed by atoms with Crippen molar-refractivity contribution in [3.8, 4) is 0 Å². The minimum atomic E-state index is 0.765. The third kappa shape index (κ3) is 4.23. The molecule has 3 N–H and O–H groups in total. The number of hydrogen-bond donors (Lipinski definition) is 2. The van der Waals surface area contributed by atoms with Crippen molar-refractivity contribution in [2.75, 3.05) is 26.2 Å². The van der Waals surface area contributed by atoms with Gasteiger partial charge in [-0.25, -0.2) is 0 Å². The molecule has 2 fully saturated rings. The molecule has 2 unspecified atom stereocenters. The number of hydrogen-bond acceptors (Lipinski definition) is 3. The highest BCUT2D eigenvalue weighted by atomic mass is 15.2. The van der Waals surface area contributed by atoms with Crippen LogP contribution in [-0.2, 0) is 0 Å². The van der Waals surface area contributed by atoms with E-state index in [4.69, 9.17) is 5.73 Å². The Morgan fingerprint density at radius 1 is 1.06 bits per heavy atom. The average Bonchev–Trinajstić information content (AvgIpc) is 2.61. The molecule has 2 rings (SSSR count). The lowest BCUT2D eigenvalue weighted by Gasteiger charge is -2.37. The van der Waals surface area contributed by atoms with Gasteiger partial charge < -0.3 is 11.1 Å². The fourth-order valence-electron chi connectivity index (χ4n) is 3.42. The van der Waals surface area contributed by atoms with Gasteiger partial charge in [-0.05, 0) is 45.2 Å². The van der Waals surface area contributed by atoms with E-state index in [9.17, 15) is 0 Å². The molecule has 0 aromatic carbocycles. The molecule has 0 saturated carbocycles. The number of nitrogens with two attached hydrogens (primary N) is 1. The van der Waals surface area contributed by atoms with Crippen molar-refractivity contribution in [2.45, 2.75) is 63.5 Å². The highest BCUT2D eigenvalue weighted by Crippen LogP contribution is 2.23. The SMILES string of the molecule is NCCN1CCCCC1CC1CCCCCN1. The second-order valence-electron chi connectivity index (χ2n) is 5.71. The molecule has 0 aromatic rings. The van der Waals surface area contributed by atoms with Gasteiger partial charge in [-0.15, -0.1) is 0 Å². The van der Waals surface area contributed by atoms with Crippen LogP contribution in [0.1, 0.15) is 51.4 Å². The molecule has 2 saturated heterocycles. The Kier molecular flexibility index (Phi) is 5.75. The van der Waals surface area contributed by atoms with Crippen LogP contribution in [0.4, 0.5) is 0 Å². The van der Waals surface area contributed by atoms with Crippen molar-refractivity contribution in [2.24, 2.45) is 5.73 Å². The zero-order chi connectivity index (χ0) is 11.9. The number of nitrogens with one attached hydrogen (secondary N) is 1. The number of nitrogens with zero attached hydrogens (tertiary/aromatic N) is 1. The molecule has 0 amide bonds. The summed E-state index contributed by atoms with van der Waals surface area (Å²) in [5.74, 6) is 0. The van der Waals surface area contributed by atoms with Crippen molar-refractivity contribution in [1.29, 1.82) is 0 Å². The molecule has 3 nitrogen and oxygen atoms in total. The maximum Gasteiger partial charge on any atom is 0.0111 e. The first-order valence-electron chi connectivity index (χ1n) is 7.57. The predicted octanol–water partition coefficient (Wildman–Crippen LogP) is 1.72. The molecule has 0 radical (unpaired) electrons. The van der Waals surface area contributed by atoms with E-state index >= 15 is 0 Å². The zero-order valence-corrected chi connectivity index (χ0v) is 11.2. The van der Waals surface area contributed by atoms with Crippen LogP contribution in [0.5, 0.6) is 0 Å². The molecule has 0 bridgehead atoms. The summed E-state index contributed by atoms with van der Waals surface area (Å²) in [6.45, 7) is 4.41. The molecule has 2 atom stereocenters. The van der Waals surface area contributed by atoms with E-state index in [2.05, 4.69) is 10.2 Å². The molecular formula is C14H29N3. The Labute approximate surface area is 106 Å². The molecule has 3 heteroatoms. The van der Waals surface area contributed by atoms with Crippen LogP contribution in [0, 0.1) is 0 Å². The van der Waals surface area contributed by atoms with Crippen LogP contribution in [0.15, 0.2) is 0 Å². The molecule has 100 valence electrons. The Morgan fingerprint density at radius 3 is 2.82 bits per heavy atom. The number of likely N-dealkylation sites (tertiary alicyclic amines) is 1. The topological polar surface area (TPSA) is 41.3 Å². The molecular weight excluding hydrogens is 210 g/mol. The Bertz CT molecular complexity index is 198. The highest BCUT2D eigenvalue weighted by Gasteiger charge is 2.25. The summed E-state index contributed by atoms with van der Waals surface area (Å²) in [6, 6.07) is 1.56. The molecule has 0 aliphatic carbocycles. The van der Waals surface area contributed by atoms with Crippen LogP contribution in [0.25, 0.3) is 0 Å². The first-order valence-corrected chi connectivity index (χ1v) is 7.57. The van der Waals surface area contributed by atoms with E-state index in [1.54, 1.807) is 0 Å². The van der Waals surface area contributed by atoms with Gasteiger partial charge in [0.05, 0.1) is 0 Å². The van der Waals surface area contributed by atoms with E-state index in [1.807, 2.05) is 0 Å². The van der Waals surface area contributed by atoms with Gasteiger partial charge in [0.25, 0.3) is 0 Å². The summed E-state index contributed by atoms with van der Waals surface area (Å²) in [4.78, 5) is 2.63. The lowest BCUT2D eigenvalue weighted by Crippen LogP contribution is -2.45. The van der Waals surface area contributed by atoms with E-state index in [1.165, 1.54) is 64.5 Å². The van der Waals surface area contributed by atoms with E-state index in [-0.39, 0.29) is 0 Å². The van der Waals surface area contributed by atoms with Crippen LogP contribution in [0.2, 0.25) is 0 Å². The zero-order valence-electron chi connectivity index (χ0n) is 11.2. The van der Waals surface area contributed by atoms with E-state index in [0.29, 0.717) is 0 Å². The summed E-state index contributed by atoms with van der Waals surface area (Å²) >= 11 is 0. The second kappa shape index (κ2) is 7.34. The molecule has 17 heavy (non-hydrogen) atoms. The fourth-order valence-corrected chi connectivity index (χ4v) is 3.42. The van der Waals surface area contributed by atoms with Gasteiger partial charge in [0.15, 0.2) is 0 Å². The minimum absolute atomic E-state index is 0.765. The van der Waals surface area contributed by atoms with E-state index in [0.717, 1.165) is 25.2 Å². The molecule has 2 aliphatic heterocycles. The smallest absolute Gasteiger partial charge is 0.0111 e. The van der Waals surface area contributed by atoms with Crippen LogP contribution in [-0.4, -0.2) is 43.2 Å². The van der Waals surface area contributed by atoms with Crippen LogP contribution >= 0.6 is 0 Å². The summed E-state index contributed by atoms with van der Waals surface area (Å²) in [7, 11) is 0. The van der Waals surface area contributed by atoms with Crippen LogP contribution in [0.3, 0.4) is 0 Å². The maximum absolute atomic E-state index is 5.72. The average molecular weight is 239 g/mol. The Balaban J connectivity index is 1.81. The maximum atomic E-state index is 5.72. The van der Waals surface area contributed by atoms with E-state index < -0.39 is 0 Å². The van der Waals surface area contributed by atoms with Gasteiger partial charge in [0.1, 0.15) is 0 Å². The largest absolute Gasteiger partial charge is 0.329 e. The normalized spacial score (nSPS) is 32.3. The third-order valence-electron chi connectivity index (χ3n) is 4.38. The summed E-state index contributed by atoms with van der Waals surface area (Å²) in [5.41, 5.74) is 5.72. The van der Waals surface area contributed by atoms with Crippen molar-refractivity contribution in [1.82, 2.24) is 10.2 Å². The first kappa shape index (κ1) is 13.3. The van der Waals surface area contributed by atoms with Gasteiger partial charge in [-0.1, -0.05) is 19.3 Å². The quantitative estimate of drug-likeness (QED) is 0.785. The van der Waals surface area contributed by atoms with Gasteiger partial charge >= 0.3 is 0 Å². The predicted molar refractivity (Wildman–Crippen MR) is 73.1 cm³/mol. The Hall–Kier alpha value is -0.120. The monoisotopic (exact) mass is 239 g/mol. The van der Waals surface area contributed by atoms with Crippen LogP contribution < -0.4 is 11.1 Å². The summed E-state index contributed by atoms with van der Waals surface area (Å²) < 4.78 is 0. The molecule has 0 aromatic heterocycles. The minimum Gasteiger partial charge on any atom is -0.329 e. The lowest BCUT2D eigenvalue weighted by molar-refractivity contribution is 0.133. The summed E-state index contributed by atoms with van der Waals surface area (Å²) in [6.07, 6.45) is 11.1.